The Hall–Kier alpha value is -1.45. The molecule has 0 unspecified atom stereocenters. The fraction of sp³-hybridized carbons (Fsp3) is 0.417. The van der Waals surface area contributed by atoms with Crippen molar-refractivity contribution in [1.82, 2.24) is 0 Å². The molecule has 0 radical (unpaired) electrons. The van der Waals surface area contributed by atoms with Crippen LogP contribution in [0.2, 0.25) is 0 Å². The third kappa shape index (κ3) is 1.49. The highest BCUT2D eigenvalue weighted by Gasteiger charge is 2.62. The summed E-state index contributed by atoms with van der Waals surface area (Å²) in [7, 11) is 0. The van der Waals surface area contributed by atoms with Gasteiger partial charge in [0.1, 0.15) is 0 Å². The monoisotopic (exact) mass is 226 g/mol. The summed E-state index contributed by atoms with van der Waals surface area (Å²) < 4.78 is 25.8. The van der Waals surface area contributed by atoms with Gasteiger partial charge in [-0.1, -0.05) is 19.9 Å². The maximum Gasteiger partial charge on any atom is 0.307 e. The number of halogens is 2. The molecule has 2 atom stereocenters. The van der Waals surface area contributed by atoms with E-state index in [0.717, 1.165) is 12.1 Å². The molecular weight excluding hydrogens is 214 g/mol. The van der Waals surface area contributed by atoms with Gasteiger partial charge in [-0.25, -0.2) is 8.78 Å². The topological polar surface area (TPSA) is 37.3 Å². The fourth-order valence-electron chi connectivity index (χ4n) is 2.43. The first-order valence-corrected chi connectivity index (χ1v) is 5.03. The Kier molecular flexibility index (Phi) is 2.26. The quantitative estimate of drug-likeness (QED) is 0.841. The van der Waals surface area contributed by atoms with Crippen molar-refractivity contribution in [1.29, 1.82) is 0 Å². The number of carboxylic acids is 1. The highest BCUT2D eigenvalue weighted by atomic mass is 19.2. The Morgan fingerprint density at radius 3 is 2.38 bits per heavy atom. The molecule has 1 aromatic carbocycles. The summed E-state index contributed by atoms with van der Waals surface area (Å²) in [5.41, 5.74) is 0.159. The molecule has 1 aromatic rings. The van der Waals surface area contributed by atoms with E-state index in [1.54, 1.807) is 0 Å². The van der Waals surface area contributed by atoms with Crippen molar-refractivity contribution in [2.45, 2.75) is 19.8 Å². The van der Waals surface area contributed by atoms with Gasteiger partial charge in [-0.2, -0.15) is 0 Å². The summed E-state index contributed by atoms with van der Waals surface area (Å²) in [4.78, 5) is 10.9. The van der Waals surface area contributed by atoms with Crippen molar-refractivity contribution in [2.75, 3.05) is 0 Å². The summed E-state index contributed by atoms with van der Waals surface area (Å²) in [6.07, 6.45) is 0. The average Bonchev–Trinajstić information content (AvgIpc) is 2.74. The van der Waals surface area contributed by atoms with Crippen molar-refractivity contribution in [2.24, 2.45) is 11.3 Å². The van der Waals surface area contributed by atoms with E-state index in [9.17, 15) is 13.6 Å². The van der Waals surface area contributed by atoms with Crippen LogP contribution >= 0.6 is 0 Å². The van der Waals surface area contributed by atoms with Crippen LogP contribution in [0.15, 0.2) is 18.2 Å². The van der Waals surface area contributed by atoms with E-state index in [0.29, 0.717) is 5.56 Å². The van der Waals surface area contributed by atoms with Crippen LogP contribution in [0.1, 0.15) is 25.3 Å². The van der Waals surface area contributed by atoms with Gasteiger partial charge in [0, 0.05) is 5.92 Å². The van der Waals surface area contributed by atoms with Gasteiger partial charge in [-0.15, -0.1) is 0 Å². The van der Waals surface area contributed by atoms with E-state index in [-0.39, 0.29) is 5.92 Å². The van der Waals surface area contributed by atoms with Crippen LogP contribution in [-0.2, 0) is 4.79 Å². The van der Waals surface area contributed by atoms with Crippen LogP contribution in [0.5, 0.6) is 0 Å². The lowest BCUT2D eigenvalue weighted by molar-refractivity contribution is -0.139. The van der Waals surface area contributed by atoms with Crippen molar-refractivity contribution in [3.63, 3.8) is 0 Å². The smallest absolute Gasteiger partial charge is 0.307 e. The van der Waals surface area contributed by atoms with Crippen LogP contribution in [0.3, 0.4) is 0 Å². The summed E-state index contributed by atoms with van der Waals surface area (Å²) in [6.45, 7) is 3.63. The Morgan fingerprint density at radius 1 is 1.31 bits per heavy atom. The molecule has 0 aliphatic heterocycles. The lowest BCUT2D eigenvalue weighted by Crippen LogP contribution is -2.03. The number of rotatable bonds is 2. The van der Waals surface area contributed by atoms with Crippen LogP contribution in [0.4, 0.5) is 8.78 Å². The zero-order valence-electron chi connectivity index (χ0n) is 9.00. The molecule has 0 aromatic heterocycles. The van der Waals surface area contributed by atoms with Crippen molar-refractivity contribution in [3.05, 3.63) is 35.4 Å². The Bertz CT molecular complexity index is 454. The van der Waals surface area contributed by atoms with Gasteiger partial charge >= 0.3 is 5.97 Å². The second-order valence-corrected chi connectivity index (χ2v) is 4.79. The molecule has 1 aliphatic rings. The molecule has 1 aliphatic carbocycles. The van der Waals surface area contributed by atoms with E-state index < -0.39 is 28.9 Å². The first-order valence-electron chi connectivity index (χ1n) is 5.03. The number of benzene rings is 1. The van der Waals surface area contributed by atoms with Crippen LogP contribution in [0, 0.1) is 23.0 Å². The van der Waals surface area contributed by atoms with Gasteiger partial charge in [0.05, 0.1) is 5.92 Å². The minimum Gasteiger partial charge on any atom is -0.481 e. The number of hydrogen-bond donors (Lipinski definition) is 1. The predicted molar refractivity (Wildman–Crippen MR) is 54.0 cm³/mol. The molecule has 0 heterocycles. The van der Waals surface area contributed by atoms with Gasteiger partial charge in [0.25, 0.3) is 0 Å². The highest BCUT2D eigenvalue weighted by Crippen LogP contribution is 2.64. The molecule has 16 heavy (non-hydrogen) atoms. The van der Waals surface area contributed by atoms with E-state index in [4.69, 9.17) is 5.11 Å². The molecule has 1 N–H and O–H groups in total. The summed E-state index contributed by atoms with van der Waals surface area (Å²) in [6, 6.07) is 3.58. The number of hydrogen-bond acceptors (Lipinski definition) is 1. The lowest BCUT2D eigenvalue weighted by Gasteiger charge is -2.03. The summed E-state index contributed by atoms with van der Waals surface area (Å²) in [5.74, 6) is -3.48. The fourth-order valence-corrected chi connectivity index (χ4v) is 2.43. The standard InChI is InChI=1S/C12H12F2O2/c1-12(2)9(10(12)11(15)16)6-3-4-7(13)8(14)5-6/h3-5,9-10H,1-2H3,(H,15,16)/t9-,10+/m1/s1. The van der Waals surface area contributed by atoms with E-state index in [1.165, 1.54) is 6.07 Å². The normalized spacial score (nSPS) is 26.5. The zero-order chi connectivity index (χ0) is 12.1. The molecule has 0 amide bonds. The molecule has 1 fully saturated rings. The molecule has 0 saturated heterocycles. The molecule has 2 rings (SSSR count). The molecule has 0 bridgehead atoms. The second-order valence-electron chi connectivity index (χ2n) is 4.79. The van der Waals surface area contributed by atoms with Crippen LogP contribution in [-0.4, -0.2) is 11.1 Å². The predicted octanol–water partition coefficient (Wildman–Crippen LogP) is 2.79. The Morgan fingerprint density at radius 2 is 1.94 bits per heavy atom. The number of aliphatic carboxylic acids is 1. The van der Waals surface area contributed by atoms with Crippen LogP contribution < -0.4 is 0 Å². The molecule has 2 nitrogen and oxygen atoms in total. The third-order valence-electron chi connectivity index (χ3n) is 3.40. The van der Waals surface area contributed by atoms with Crippen molar-refractivity contribution in [3.8, 4) is 0 Å². The average molecular weight is 226 g/mol. The second kappa shape index (κ2) is 3.27. The number of carboxylic acid groups (broad SMARTS) is 1. The van der Waals surface area contributed by atoms with Crippen molar-refractivity contribution < 1.29 is 18.7 Å². The molecule has 86 valence electrons. The first-order chi connectivity index (χ1) is 7.35. The Labute approximate surface area is 91.9 Å². The summed E-state index contributed by atoms with van der Waals surface area (Å²) >= 11 is 0. The summed E-state index contributed by atoms with van der Waals surface area (Å²) in [5, 5.41) is 8.98. The molecular formula is C12H12F2O2. The first kappa shape index (κ1) is 11.0. The van der Waals surface area contributed by atoms with Gasteiger partial charge in [0.2, 0.25) is 0 Å². The third-order valence-corrected chi connectivity index (χ3v) is 3.40. The van der Waals surface area contributed by atoms with Gasteiger partial charge in [-0.05, 0) is 23.1 Å². The maximum absolute atomic E-state index is 13.0. The van der Waals surface area contributed by atoms with Crippen LogP contribution in [0.25, 0.3) is 0 Å². The number of carbonyl (C=O) groups is 1. The van der Waals surface area contributed by atoms with E-state index >= 15 is 0 Å². The zero-order valence-corrected chi connectivity index (χ0v) is 9.00. The highest BCUT2D eigenvalue weighted by molar-refractivity contribution is 5.77. The maximum atomic E-state index is 13.0. The largest absolute Gasteiger partial charge is 0.481 e. The van der Waals surface area contributed by atoms with E-state index in [1.807, 2.05) is 13.8 Å². The Balaban J connectivity index is 2.33. The van der Waals surface area contributed by atoms with Crippen molar-refractivity contribution >= 4 is 5.97 Å². The SMILES string of the molecule is CC1(C)[C@H](C(=O)O)[C@H]1c1ccc(F)c(F)c1. The molecule has 0 spiro atoms. The molecule has 1 saturated carbocycles. The van der Waals surface area contributed by atoms with Gasteiger partial charge in [-0.3, -0.25) is 4.79 Å². The lowest BCUT2D eigenvalue weighted by atomic mass is 10.0. The minimum absolute atomic E-state index is 0.236. The molecule has 4 heteroatoms. The minimum atomic E-state index is -0.927. The van der Waals surface area contributed by atoms with Gasteiger partial charge in [0.15, 0.2) is 11.6 Å². The van der Waals surface area contributed by atoms with E-state index in [2.05, 4.69) is 0 Å². The van der Waals surface area contributed by atoms with Gasteiger partial charge < -0.3 is 5.11 Å².